The van der Waals surface area contributed by atoms with Gasteiger partial charge in [0.15, 0.2) is 11.9 Å². The zero-order valence-electron chi connectivity index (χ0n) is 18.0. The predicted molar refractivity (Wildman–Crippen MR) is 132 cm³/mol. The molecule has 1 unspecified atom stereocenters. The summed E-state index contributed by atoms with van der Waals surface area (Å²) < 4.78 is 31.2. The Balaban J connectivity index is 1.41. The van der Waals surface area contributed by atoms with E-state index in [2.05, 4.69) is 37.1 Å². The summed E-state index contributed by atoms with van der Waals surface area (Å²) in [5.74, 6) is 1.03. The first-order valence-electron chi connectivity index (χ1n) is 10.5. The number of aliphatic imine (C=N–C) groups is 2. The van der Waals surface area contributed by atoms with E-state index >= 15 is 0 Å². The highest BCUT2D eigenvalue weighted by Gasteiger charge is 2.43. The second kappa shape index (κ2) is 8.43. The Morgan fingerprint density at radius 1 is 1.06 bits per heavy atom. The summed E-state index contributed by atoms with van der Waals surface area (Å²) in [6.07, 6.45) is 6.22. The van der Waals surface area contributed by atoms with Gasteiger partial charge >= 0.3 is 0 Å². The average Bonchev–Trinajstić information content (AvgIpc) is 3.18. The van der Waals surface area contributed by atoms with Crippen LogP contribution in [0.2, 0.25) is 0 Å². The maximum absolute atomic E-state index is 11.7. The number of hydrogen-bond donors (Lipinski definition) is 2. The molecular weight excluding hydrogens is 442 g/mol. The fraction of sp³-hybridized carbons (Fsp3) is 0.227. The van der Waals surface area contributed by atoms with E-state index < -0.39 is 10.0 Å². The summed E-state index contributed by atoms with van der Waals surface area (Å²) in [5.41, 5.74) is 3.19. The number of nitrogens with one attached hydrogen (secondary N) is 2. The molecule has 11 heteroatoms. The SMILES string of the molecule is CS(=O)(=O)Nc1cccc([N+]23C=CN=CC2=NC(Nc2ccc(N4CCOCC4)cc2)=N3)c1. The minimum Gasteiger partial charge on any atom is -0.378 e. The molecule has 33 heavy (non-hydrogen) atoms. The van der Waals surface area contributed by atoms with Crippen LogP contribution in [0.15, 0.2) is 76.0 Å². The first-order valence-corrected chi connectivity index (χ1v) is 12.4. The number of hydrogen-bond acceptors (Lipinski definition) is 8. The zero-order chi connectivity index (χ0) is 22.9. The van der Waals surface area contributed by atoms with Crippen molar-refractivity contribution in [2.75, 3.05) is 47.5 Å². The van der Waals surface area contributed by atoms with Gasteiger partial charge in [-0.3, -0.25) is 9.71 Å². The van der Waals surface area contributed by atoms with Gasteiger partial charge in [0.05, 0.1) is 31.4 Å². The van der Waals surface area contributed by atoms with Gasteiger partial charge in [-0.2, -0.15) is 4.99 Å². The molecule has 2 aromatic carbocycles. The third kappa shape index (κ3) is 4.51. The maximum atomic E-state index is 11.7. The van der Waals surface area contributed by atoms with Gasteiger partial charge in [0.1, 0.15) is 6.21 Å². The van der Waals surface area contributed by atoms with Gasteiger partial charge in [0.25, 0.3) is 11.8 Å². The van der Waals surface area contributed by atoms with Crippen molar-refractivity contribution in [3.05, 3.63) is 60.9 Å². The molecule has 0 saturated carbocycles. The van der Waals surface area contributed by atoms with Gasteiger partial charge in [-0.25, -0.2) is 8.42 Å². The number of quaternary nitrogens is 1. The number of fused-ring (bicyclic) bond motifs is 1. The van der Waals surface area contributed by atoms with Crippen molar-refractivity contribution >= 4 is 50.8 Å². The fourth-order valence-corrected chi connectivity index (χ4v) is 4.46. The van der Waals surface area contributed by atoms with Crippen molar-refractivity contribution in [1.82, 2.24) is 4.59 Å². The number of amidine groups is 1. The normalized spacial score (nSPS) is 21.9. The number of sulfonamides is 1. The number of benzene rings is 2. The third-order valence-corrected chi connectivity index (χ3v) is 6.03. The molecule has 5 rings (SSSR count). The van der Waals surface area contributed by atoms with Crippen LogP contribution >= 0.6 is 0 Å². The van der Waals surface area contributed by atoms with Gasteiger partial charge < -0.3 is 15.0 Å². The van der Waals surface area contributed by atoms with E-state index in [9.17, 15) is 8.42 Å². The minimum atomic E-state index is -3.40. The van der Waals surface area contributed by atoms with Crippen molar-refractivity contribution in [2.45, 2.75) is 0 Å². The topological polar surface area (TPSA) is 108 Å². The van der Waals surface area contributed by atoms with Crippen LogP contribution < -0.4 is 19.5 Å². The number of morpholine rings is 1. The molecule has 0 bridgehead atoms. The molecule has 0 aromatic heterocycles. The molecule has 3 aliphatic heterocycles. The van der Waals surface area contributed by atoms with E-state index in [0.717, 1.165) is 49.6 Å². The van der Waals surface area contributed by atoms with Crippen LogP contribution in [-0.4, -0.2) is 59.0 Å². The Hall–Kier alpha value is -3.54. The van der Waals surface area contributed by atoms with Crippen molar-refractivity contribution < 1.29 is 13.2 Å². The molecule has 2 aromatic rings. The largest absolute Gasteiger partial charge is 0.378 e. The maximum Gasteiger partial charge on any atom is 0.287 e. The summed E-state index contributed by atoms with van der Waals surface area (Å²) >= 11 is 0. The molecule has 0 amide bonds. The Labute approximate surface area is 192 Å². The number of guanidine groups is 1. The summed E-state index contributed by atoms with van der Waals surface area (Å²) in [5, 5.41) is 8.09. The van der Waals surface area contributed by atoms with Crippen LogP contribution in [0.1, 0.15) is 0 Å². The number of rotatable bonds is 5. The van der Waals surface area contributed by atoms with Crippen LogP contribution in [0.3, 0.4) is 0 Å². The van der Waals surface area contributed by atoms with Crippen molar-refractivity contribution in [3.63, 3.8) is 0 Å². The average molecular weight is 467 g/mol. The summed E-state index contributed by atoms with van der Waals surface area (Å²) in [4.78, 5) is 11.1. The summed E-state index contributed by atoms with van der Waals surface area (Å²) in [6, 6.07) is 15.2. The second-order valence-electron chi connectivity index (χ2n) is 7.85. The Kier molecular flexibility index (Phi) is 5.44. The lowest BCUT2D eigenvalue weighted by Crippen LogP contribution is -2.44. The zero-order valence-corrected chi connectivity index (χ0v) is 18.9. The van der Waals surface area contributed by atoms with Crippen LogP contribution in [0, 0.1) is 0 Å². The molecule has 1 saturated heterocycles. The molecule has 2 N–H and O–H groups in total. The molecule has 0 aliphatic carbocycles. The Morgan fingerprint density at radius 2 is 1.85 bits per heavy atom. The van der Waals surface area contributed by atoms with Crippen LogP contribution in [0.25, 0.3) is 0 Å². The molecule has 3 heterocycles. The smallest absolute Gasteiger partial charge is 0.287 e. The lowest BCUT2D eigenvalue weighted by molar-refractivity contribution is 0.122. The highest BCUT2D eigenvalue weighted by molar-refractivity contribution is 7.92. The molecule has 1 atom stereocenters. The monoisotopic (exact) mass is 466 g/mol. The quantitative estimate of drug-likeness (QED) is 0.659. The lowest BCUT2D eigenvalue weighted by atomic mass is 10.2. The van der Waals surface area contributed by atoms with E-state index in [4.69, 9.17) is 9.84 Å². The number of anilines is 3. The summed E-state index contributed by atoms with van der Waals surface area (Å²) in [6.45, 7) is 3.24. The van der Waals surface area contributed by atoms with Crippen molar-refractivity contribution in [2.24, 2.45) is 15.1 Å². The van der Waals surface area contributed by atoms with Gasteiger partial charge in [-0.15, -0.1) is 0 Å². The summed E-state index contributed by atoms with van der Waals surface area (Å²) in [7, 11) is -3.40. The molecular formula is C22H24N7O3S+. The first-order chi connectivity index (χ1) is 15.9. The molecule has 10 nitrogen and oxygen atoms in total. The van der Waals surface area contributed by atoms with E-state index in [1.807, 2.05) is 18.2 Å². The van der Waals surface area contributed by atoms with E-state index in [1.54, 1.807) is 36.8 Å². The Morgan fingerprint density at radius 3 is 2.61 bits per heavy atom. The number of nitrogens with zero attached hydrogens (tertiary/aromatic N) is 5. The molecule has 0 spiro atoms. The van der Waals surface area contributed by atoms with Gasteiger partial charge in [0, 0.05) is 36.6 Å². The van der Waals surface area contributed by atoms with Gasteiger partial charge in [0.2, 0.25) is 10.0 Å². The van der Waals surface area contributed by atoms with Crippen molar-refractivity contribution in [3.8, 4) is 0 Å². The first kappa shape index (κ1) is 21.3. The minimum absolute atomic E-state index is 0.0447. The van der Waals surface area contributed by atoms with Crippen LogP contribution in [0.4, 0.5) is 22.7 Å². The lowest BCUT2D eigenvalue weighted by Gasteiger charge is -2.28. The van der Waals surface area contributed by atoms with E-state index in [0.29, 0.717) is 17.5 Å². The molecule has 3 aliphatic rings. The molecule has 170 valence electrons. The third-order valence-electron chi connectivity index (χ3n) is 5.42. The highest BCUT2D eigenvalue weighted by atomic mass is 32.2. The standard InChI is InChI=1S/C22H24N7O3S/c1-33(30,31)27-18-3-2-4-20(15-18)29-12-9-23-16-21(29)25-22(26-29)24-17-5-7-19(8-6-17)28-10-13-32-14-11-28/h2-9,12,15-16,27H,10-11,13-14H2,1H3,(H,24,26)/q+1. The van der Waals surface area contributed by atoms with Crippen molar-refractivity contribution in [1.29, 1.82) is 0 Å². The fourth-order valence-electron chi connectivity index (χ4n) is 3.91. The van der Waals surface area contributed by atoms with Gasteiger partial charge in [-0.1, -0.05) is 10.7 Å². The van der Waals surface area contributed by atoms with E-state index in [-0.39, 0.29) is 4.59 Å². The number of ether oxygens (including phenoxy) is 1. The van der Waals surface area contributed by atoms with E-state index in [1.165, 1.54) is 0 Å². The molecule has 1 fully saturated rings. The predicted octanol–water partition coefficient (Wildman–Crippen LogP) is 2.55. The molecule has 0 radical (unpaired) electrons. The van der Waals surface area contributed by atoms with Crippen LogP contribution in [-0.2, 0) is 14.8 Å². The highest BCUT2D eigenvalue weighted by Crippen LogP contribution is 2.33. The van der Waals surface area contributed by atoms with Gasteiger partial charge in [-0.05, 0) is 35.4 Å². The second-order valence-corrected chi connectivity index (χ2v) is 9.60. The van der Waals surface area contributed by atoms with Crippen LogP contribution in [0.5, 0.6) is 0 Å². The Bertz CT molecular complexity index is 1280.